The molecule has 1 unspecified atom stereocenters. The molecule has 1 atom stereocenters. The van der Waals surface area contributed by atoms with Crippen LogP contribution in [0.25, 0.3) is 0 Å². The molecule has 0 radical (unpaired) electrons. The topological polar surface area (TPSA) is 52.6 Å². The van der Waals surface area contributed by atoms with Crippen molar-refractivity contribution in [1.29, 1.82) is 0 Å². The van der Waals surface area contributed by atoms with Gasteiger partial charge in [0.15, 0.2) is 0 Å². The van der Waals surface area contributed by atoms with Gasteiger partial charge in [-0.2, -0.15) is 0 Å². The van der Waals surface area contributed by atoms with Gasteiger partial charge in [0.05, 0.1) is 0 Å². The summed E-state index contributed by atoms with van der Waals surface area (Å²) >= 11 is 0. The van der Waals surface area contributed by atoms with E-state index in [0.717, 1.165) is 0 Å². The number of hydrogen-bond acceptors (Lipinski definition) is 4. The molecule has 0 aromatic heterocycles. The molecule has 0 N–H and O–H groups in total. The van der Waals surface area contributed by atoms with E-state index in [1.807, 2.05) is 0 Å². The van der Waals surface area contributed by atoms with E-state index in [9.17, 15) is 9.59 Å². The molecule has 0 spiro atoms. The van der Waals surface area contributed by atoms with Crippen molar-refractivity contribution in [2.24, 2.45) is 0 Å². The number of ether oxygens (including phenoxy) is 2. The minimum absolute atomic E-state index is 0.318. The van der Waals surface area contributed by atoms with Crippen molar-refractivity contribution in [2.75, 3.05) is 0 Å². The third kappa shape index (κ3) is 4.63. The minimum atomic E-state index is -0.859. The van der Waals surface area contributed by atoms with E-state index in [1.54, 1.807) is 27.7 Å². The van der Waals surface area contributed by atoms with Crippen LogP contribution in [0.2, 0.25) is 0 Å². The Morgan fingerprint density at radius 2 is 1.73 bits per heavy atom. The second kappa shape index (κ2) is 4.96. The number of hydrogen-bond donors (Lipinski definition) is 0. The molecule has 0 saturated carbocycles. The average molecular weight is 214 g/mol. The van der Waals surface area contributed by atoms with Crippen molar-refractivity contribution in [3.8, 4) is 0 Å². The Balaban J connectivity index is 4.46. The Kier molecular flexibility index (Phi) is 4.52. The molecule has 0 heterocycles. The summed E-state index contributed by atoms with van der Waals surface area (Å²) in [7, 11) is 0. The molecule has 0 rings (SSSR count). The summed E-state index contributed by atoms with van der Waals surface area (Å²) in [4.78, 5) is 22.0. The van der Waals surface area contributed by atoms with E-state index < -0.39 is 23.6 Å². The molecule has 0 aliphatic carbocycles. The van der Waals surface area contributed by atoms with Gasteiger partial charge in [-0.25, -0.2) is 4.79 Å². The van der Waals surface area contributed by atoms with Crippen molar-refractivity contribution in [3.63, 3.8) is 0 Å². The Hall–Kier alpha value is -1.32. The molecule has 86 valence electrons. The van der Waals surface area contributed by atoms with E-state index >= 15 is 0 Å². The van der Waals surface area contributed by atoms with Crippen molar-refractivity contribution < 1.29 is 19.1 Å². The lowest BCUT2D eigenvalue weighted by molar-refractivity contribution is -0.174. The summed E-state index contributed by atoms with van der Waals surface area (Å²) in [5.74, 6) is -0.888. The van der Waals surface area contributed by atoms with Gasteiger partial charge in [-0.1, -0.05) is 6.58 Å². The van der Waals surface area contributed by atoms with Crippen LogP contribution in [0, 0.1) is 0 Å². The number of esters is 2. The van der Waals surface area contributed by atoms with Crippen molar-refractivity contribution >= 4 is 11.9 Å². The van der Waals surface area contributed by atoms with Crippen molar-refractivity contribution in [2.45, 2.75) is 46.3 Å². The first kappa shape index (κ1) is 13.7. The molecular formula is C11H18O4. The predicted molar refractivity (Wildman–Crippen MR) is 56.2 cm³/mol. The summed E-state index contributed by atoms with van der Waals surface area (Å²) in [5.41, 5.74) is -0.542. The van der Waals surface area contributed by atoms with Crippen molar-refractivity contribution in [1.82, 2.24) is 0 Å². The Morgan fingerprint density at radius 3 is 2.07 bits per heavy atom. The van der Waals surface area contributed by atoms with Crippen LogP contribution in [-0.4, -0.2) is 23.6 Å². The van der Waals surface area contributed by atoms with Gasteiger partial charge in [0, 0.05) is 12.5 Å². The van der Waals surface area contributed by atoms with Crippen LogP contribution in [0.3, 0.4) is 0 Å². The number of rotatable bonds is 4. The van der Waals surface area contributed by atoms with E-state index in [2.05, 4.69) is 6.58 Å². The zero-order valence-corrected chi connectivity index (χ0v) is 9.92. The SMILES string of the molecule is C=C(C)C(=O)OC(C)(C)C(C)OC(C)=O. The highest BCUT2D eigenvalue weighted by Gasteiger charge is 2.32. The normalized spacial score (nSPS) is 12.9. The van der Waals surface area contributed by atoms with Crippen molar-refractivity contribution in [3.05, 3.63) is 12.2 Å². The van der Waals surface area contributed by atoms with E-state index in [4.69, 9.17) is 9.47 Å². The molecule has 15 heavy (non-hydrogen) atoms. The minimum Gasteiger partial charge on any atom is -0.459 e. The first-order valence-corrected chi connectivity index (χ1v) is 4.73. The summed E-state index contributed by atoms with van der Waals surface area (Å²) in [6.07, 6.45) is -0.502. The molecular weight excluding hydrogens is 196 g/mol. The van der Waals surface area contributed by atoms with E-state index in [-0.39, 0.29) is 0 Å². The monoisotopic (exact) mass is 214 g/mol. The molecule has 0 bridgehead atoms. The Morgan fingerprint density at radius 1 is 1.27 bits per heavy atom. The average Bonchev–Trinajstić information content (AvgIpc) is 2.01. The van der Waals surface area contributed by atoms with Crippen LogP contribution in [0.1, 0.15) is 34.6 Å². The third-order valence-electron chi connectivity index (χ3n) is 2.03. The second-order valence-corrected chi connectivity index (χ2v) is 4.02. The van der Waals surface area contributed by atoms with Gasteiger partial charge < -0.3 is 9.47 Å². The molecule has 0 aromatic carbocycles. The number of carbonyl (C=O) groups excluding carboxylic acids is 2. The zero-order chi connectivity index (χ0) is 12.2. The molecule has 4 nitrogen and oxygen atoms in total. The molecule has 0 aliphatic heterocycles. The van der Waals surface area contributed by atoms with Gasteiger partial charge in [-0.05, 0) is 27.7 Å². The van der Waals surface area contributed by atoms with Gasteiger partial charge in [0.25, 0.3) is 0 Å². The zero-order valence-electron chi connectivity index (χ0n) is 9.92. The maximum Gasteiger partial charge on any atom is 0.333 e. The number of carbonyl (C=O) groups is 2. The van der Waals surface area contributed by atoms with Crippen LogP contribution in [0.15, 0.2) is 12.2 Å². The third-order valence-corrected chi connectivity index (χ3v) is 2.03. The molecule has 0 fully saturated rings. The van der Waals surface area contributed by atoms with Gasteiger partial charge in [0.2, 0.25) is 0 Å². The van der Waals surface area contributed by atoms with Crippen LogP contribution < -0.4 is 0 Å². The Bertz CT molecular complexity index is 278. The highest BCUT2D eigenvalue weighted by atomic mass is 16.6. The van der Waals surface area contributed by atoms with E-state index in [1.165, 1.54) is 6.92 Å². The van der Waals surface area contributed by atoms with Crippen LogP contribution in [0.5, 0.6) is 0 Å². The van der Waals surface area contributed by atoms with Crippen LogP contribution in [0.4, 0.5) is 0 Å². The maximum absolute atomic E-state index is 11.3. The first-order chi connectivity index (χ1) is 6.66. The van der Waals surface area contributed by atoms with Gasteiger partial charge in [-0.3, -0.25) is 4.79 Å². The standard InChI is InChI=1S/C11H18O4/c1-7(2)10(13)15-11(5,6)8(3)14-9(4)12/h8H,1H2,2-6H3. The highest BCUT2D eigenvalue weighted by molar-refractivity contribution is 5.87. The quantitative estimate of drug-likeness (QED) is 0.529. The Labute approximate surface area is 90.2 Å². The molecule has 0 aromatic rings. The molecule has 0 saturated heterocycles. The summed E-state index contributed by atoms with van der Waals surface area (Å²) in [6.45, 7) is 11.4. The second-order valence-electron chi connectivity index (χ2n) is 4.02. The van der Waals surface area contributed by atoms with Crippen LogP contribution in [-0.2, 0) is 19.1 Å². The lowest BCUT2D eigenvalue weighted by Crippen LogP contribution is -2.41. The van der Waals surface area contributed by atoms with Gasteiger partial charge in [-0.15, -0.1) is 0 Å². The lowest BCUT2D eigenvalue weighted by Gasteiger charge is -2.30. The van der Waals surface area contributed by atoms with Gasteiger partial charge in [0.1, 0.15) is 11.7 Å². The van der Waals surface area contributed by atoms with Crippen LogP contribution >= 0.6 is 0 Å². The largest absolute Gasteiger partial charge is 0.459 e. The van der Waals surface area contributed by atoms with Gasteiger partial charge >= 0.3 is 11.9 Å². The lowest BCUT2D eigenvalue weighted by atomic mass is 10.0. The fourth-order valence-corrected chi connectivity index (χ4v) is 0.800. The maximum atomic E-state index is 11.3. The highest BCUT2D eigenvalue weighted by Crippen LogP contribution is 2.19. The smallest absolute Gasteiger partial charge is 0.333 e. The molecule has 0 amide bonds. The fraction of sp³-hybridized carbons (Fsp3) is 0.636. The molecule has 0 aliphatic rings. The summed E-state index contributed by atoms with van der Waals surface area (Å²) in [5, 5.41) is 0. The van der Waals surface area contributed by atoms with E-state index in [0.29, 0.717) is 5.57 Å². The first-order valence-electron chi connectivity index (χ1n) is 4.73. The predicted octanol–water partition coefficient (Wildman–Crippen LogP) is 1.84. The summed E-state index contributed by atoms with van der Waals surface area (Å²) in [6, 6.07) is 0. The molecule has 4 heteroatoms. The summed E-state index contributed by atoms with van der Waals surface area (Å²) < 4.78 is 10.1. The fourth-order valence-electron chi connectivity index (χ4n) is 0.800.